The van der Waals surface area contributed by atoms with Crippen molar-refractivity contribution in [2.75, 3.05) is 0 Å². The maximum absolute atomic E-state index is 5.93. The van der Waals surface area contributed by atoms with Crippen LogP contribution < -0.4 is 4.74 Å². The predicted molar refractivity (Wildman–Crippen MR) is 55.2 cm³/mol. The lowest BCUT2D eigenvalue weighted by atomic mass is 10.2. The summed E-state index contributed by atoms with van der Waals surface area (Å²) in [6.45, 7) is 3.87. The minimum Gasteiger partial charge on any atom is -0.488 e. The van der Waals surface area contributed by atoms with Crippen molar-refractivity contribution in [1.82, 2.24) is 0 Å². The lowest BCUT2D eigenvalue weighted by Crippen LogP contribution is -2.07. The second-order valence-corrected chi connectivity index (χ2v) is 3.33. The van der Waals surface area contributed by atoms with Crippen LogP contribution >= 0.6 is 11.6 Å². The number of ether oxygens (including phenoxy) is 1. The molecule has 2 heteroatoms. The van der Waals surface area contributed by atoms with E-state index in [-0.39, 0.29) is 6.10 Å². The van der Waals surface area contributed by atoms with E-state index >= 15 is 0 Å². The number of benzene rings is 1. The van der Waals surface area contributed by atoms with Gasteiger partial charge < -0.3 is 4.74 Å². The Labute approximate surface area is 83.7 Å². The first kappa shape index (κ1) is 9.95. The number of hydrogen-bond acceptors (Lipinski definition) is 1. The van der Waals surface area contributed by atoms with Gasteiger partial charge in [-0.25, -0.2) is 0 Å². The third-order valence-electron chi connectivity index (χ3n) is 1.48. The molecule has 0 heterocycles. The van der Waals surface area contributed by atoms with Gasteiger partial charge in [0.15, 0.2) is 5.75 Å². The molecule has 0 aliphatic carbocycles. The van der Waals surface area contributed by atoms with E-state index in [9.17, 15) is 0 Å². The highest BCUT2D eigenvalue weighted by molar-refractivity contribution is 6.32. The van der Waals surface area contributed by atoms with Crippen molar-refractivity contribution in [1.29, 1.82) is 0 Å². The number of halogens is 1. The van der Waals surface area contributed by atoms with Crippen molar-refractivity contribution in [2.24, 2.45) is 0 Å². The summed E-state index contributed by atoms with van der Waals surface area (Å²) in [6, 6.07) is 5.38. The van der Waals surface area contributed by atoms with Gasteiger partial charge in [-0.1, -0.05) is 23.6 Å². The van der Waals surface area contributed by atoms with Gasteiger partial charge in [0.05, 0.1) is 16.7 Å². The van der Waals surface area contributed by atoms with Gasteiger partial charge in [0.2, 0.25) is 0 Å². The summed E-state index contributed by atoms with van der Waals surface area (Å²) in [5, 5.41) is 0.559. The molecule has 1 rings (SSSR count). The third-order valence-corrected chi connectivity index (χ3v) is 1.77. The monoisotopic (exact) mass is 194 g/mol. The van der Waals surface area contributed by atoms with E-state index in [0.717, 1.165) is 0 Å². The highest BCUT2D eigenvalue weighted by Crippen LogP contribution is 2.28. The van der Waals surface area contributed by atoms with E-state index in [0.29, 0.717) is 16.3 Å². The Balaban J connectivity index is 3.10. The fourth-order valence-electron chi connectivity index (χ4n) is 0.978. The molecule has 0 radical (unpaired) electrons. The van der Waals surface area contributed by atoms with Crippen molar-refractivity contribution < 1.29 is 4.74 Å². The van der Waals surface area contributed by atoms with Crippen LogP contribution in [0.4, 0.5) is 0 Å². The summed E-state index contributed by atoms with van der Waals surface area (Å²) in [6.07, 6.45) is 5.38. The molecule has 0 fully saturated rings. The van der Waals surface area contributed by atoms with Gasteiger partial charge >= 0.3 is 0 Å². The number of terminal acetylenes is 1. The largest absolute Gasteiger partial charge is 0.488 e. The molecule has 0 N–H and O–H groups in total. The smallest absolute Gasteiger partial charge is 0.153 e. The van der Waals surface area contributed by atoms with E-state index < -0.39 is 0 Å². The van der Waals surface area contributed by atoms with E-state index in [1.54, 1.807) is 6.07 Å². The summed E-state index contributed by atoms with van der Waals surface area (Å²) in [5.41, 5.74) is 0.696. The first-order valence-corrected chi connectivity index (χ1v) is 4.44. The highest BCUT2D eigenvalue weighted by atomic mass is 35.5. The molecule has 0 saturated heterocycles. The number of hydrogen-bond donors (Lipinski definition) is 0. The SMILES string of the molecule is C#Cc1cccc(Cl)c1OC(C)C. The topological polar surface area (TPSA) is 9.23 Å². The molecule has 1 aromatic carbocycles. The van der Waals surface area contributed by atoms with Crippen LogP contribution in [-0.2, 0) is 0 Å². The zero-order valence-corrected chi connectivity index (χ0v) is 8.43. The Hall–Kier alpha value is -1.13. The Bertz CT molecular complexity index is 336. The molecular formula is C11H11ClO. The quantitative estimate of drug-likeness (QED) is 0.658. The van der Waals surface area contributed by atoms with Gasteiger partial charge in [-0.2, -0.15) is 0 Å². The second-order valence-electron chi connectivity index (χ2n) is 2.93. The van der Waals surface area contributed by atoms with Crippen LogP contribution in [0.5, 0.6) is 5.75 Å². The molecule has 1 nitrogen and oxygen atoms in total. The van der Waals surface area contributed by atoms with Crippen molar-refractivity contribution in [3.05, 3.63) is 28.8 Å². The third kappa shape index (κ3) is 2.40. The molecule has 0 aliphatic rings. The van der Waals surface area contributed by atoms with E-state index in [4.69, 9.17) is 22.8 Å². The Kier molecular flexibility index (Phi) is 3.22. The lowest BCUT2D eigenvalue weighted by Gasteiger charge is -2.12. The Morgan fingerprint density at radius 3 is 2.69 bits per heavy atom. The predicted octanol–water partition coefficient (Wildman–Crippen LogP) is 3.11. The van der Waals surface area contributed by atoms with Crippen LogP contribution in [-0.4, -0.2) is 6.10 Å². The number of para-hydroxylation sites is 1. The summed E-state index contributed by atoms with van der Waals surface area (Å²) >= 11 is 5.93. The number of rotatable bonds is 2. The Morgan fingerprint density at radius 1 is 1.46 bits per heavy atom. The van der Waals surface area contributed by atoms with Crippen LogP contribution in [0.25, 0.3) is 0 Å². The first-order valence-electron chi connectivity index (χ1n) is 4.07. The molecule has 0 bridgehead atoms. The second kappa shape index (κ2) is 4.20. The van der Waals surface area contributed by atoms with Crippen LogP contribution in [0, 0.1) is 12.3 Å². The molecular weight excluding hydrogens is 184 g/mol. The average molecular weight is 195 g/mol. The normalized spacial score (nSPS) is 9.77. The van der Waals surface area contributed by atoms with Gasteiger partial charge in [0, 0.05) is 0 Å². The van der Waals surface area contributed by atoms with Crippen LogP contribution in [0.15, 0.2) is 18.2 Å². The van der Waals surface area contributed by atoms with Gasteiger partial charge in [-0.3, -0.25) is 0 Å². The van der Waals surface area contributed by atoms with E-state index in [1.165, 1.54) is 0 Å². The highest BCUT2D eigenvalue weighted by Gasteiger charge is 2.07. The standard InChI is InChI=1S/C11H11ClO/c1-4-9-6-5-7-10(12)11(9)13-8(2)3/h1,5-8H,2-3H3. The Morgan fingerprint density at radius 2 is 2.15 bits per heavy atom. The van der Waals surface area contributed by atoms with Crippen molar-refractivity contribution in [3.8, 4) is 18.1 Å². The van der Waals surface area contributed by atoms with Crippen molar-refractivity contribution >= 4 is 11.6 Å². The van der Waals surface area contributed by atoms with Gasteiger partial charge in [-0.05, 0) is 26.0 Å². The van der Waals surface area contributed by atoms with Gasteiger partial charge in [-0.15, -0.1) is 6.42 Å². The summed E-state index contributed by atoms with van der Waals surface area (Å²) in [7, 11) is 0. The molecule has 0 amide bonds. The van der Waals surface area contributed by atoms with Crippen molar-refractivity contribution in [3.63, 3.8) is 0 Å². The maximum Gasteiger partial charge on any atom is 0.153 e. The van der Waals surface area contributed by atoms with Gasteiger partial charge in [0.25, 0.3) is 0 Å². The lowest BCUT2D eigenvalue weighted by molar-refractivity contribution is 0.242. The zero-order chi connectivity index (χ0) is 9.84. The van der Waals surface area contributed by atoms with E-state index in [1.807, 2.05) is 26.0 Å². The average Bonchev–Trinajstić information content (AvgIpc) is 2.08. The molecule has 0 saturated carbocycles. The molecule has 0 atom stereocenters. The molecule has 0 spiro atoms. The van der Waals surface area contributed by atoms with Crippen molar-refractivity contribution in [2.45, 2.75) is 20.0 Å². The molecule has 13 heavy (non-hydrogen) atoms. The fourth-order valence-corrected chi connectivity index (χ4v) is 1.20. The summed E-state index contributed by atoms with van der Waals surface area (Å²) in [5.74, 6) is 3.13. The fraction of sp³-hybridized carbons (Fsp3) is 0.273. The molecule has 1 aromatic rings. The summed E-state index contributed by atoms with van der Waals surface area (Å²) in [4.78, 5) is 0. The summed E-state index contributed by atoms with van der Waals surface area (Å²) < 4.78 is 5.49. The van der Waals surface area contributed by atoms with Gasteiger partial charge in [0.1, 0.15) is 0 Å². The minimum atomic E-state index is 0.0759. The molecule has 0 aromatic heterocycles. The van der Waals surface area contributed by atoms with Crippen LogP contribution in [0.3, 0.4) is 0 Å². The minimum absolute atomic E-state index is 0.0759. The van der Waals surface area contributed by atoms with E-state index in [2.05, 4.69) is 5.92 Å². The first-order chi connectivity index (χ1) is 6.15. The maximum atomic E-state index is 5.93. The molecule has 0 unspecified atom stereocenters. The zero-order valence-electron chi connectivity index (χ0n) is 7.67. The molecule has 68 valence electrons. The molecule has 0 aliphatic heterocycles. The van der Waals surface area contributed by atoms with Crippen LogP contribution in [0.2, 0.25) is 5.02 Å². The van der Waals surface area contributed by atoms with Crippen LogP contribution in [0.1, 0.15) is 19.4 Å².